The minimum Gasteiger partial charge on any atom is -0.147 e. The fourth-order valence-corrected chi connectivity index (χ4v) is 4.22. The molecule has 33 heavy (non-hydrogen) atoms. The smallest absolute Gasteiger partial charge is 0.0541 e. The predicted molar refractivity (Wildman–Crippen MR) is 139 cm³/mol. The number of fused-ring (bicyclic) bond motifs is 1. The van der Waals surface area contributed by atoms with Crippen molar-refractivity contribution in [3.8, 4) is 11.1 Å². The molecule has 1 heterocycles. The number of carbonyl (C=O) groups excluding carboxylic acids is 1. The van der Waals surface area contributed by atoms with E-state index in [9.17, 15) is 9.90 Å². The average Bonchev–Trinajstić information content (AvgIpc) is 2.78. The van der Waals surface area contributed by atoms with E-state index in [-0.39, 0.29) is 17.8 Å². The van der Waals surface area contributed by atoms with Gasteiger partial charge < -0.3 is 0 Å². The molecule has 1 aromatic heterocycles. The van der Waals surface area contributed by atoms with E-state index >= 15 is 0 Å². The Morgan fingerprint density at radius 1 is 0.970 bits per heavy atom. The Balaban J connectivity index is 0.00000306. The van der Waals surface area contributed by atoms with E-state index in [1.54, 1.807) is 12.3 Å². The molecule has 2 N–H and O–H groups in total. The first-order chi connectivity index (χ1) is 15.2. The van der Waals surface area contributed by atoms with Crippen molar-refractivity contribution >= 4 is 56.1 Å². The molecule has 0 bridgehead atoms. The fourth-order valence-electron chi connectivity index (χ4n) is 3.65. The van der Waals surface area contributed by atoms with Gasteiger partial charge in [-0.1, -0.05) is 45.0 Å². The number of benzene rings is 3. The summed E-state index contributed by atoms with van der Waals surface area (Å²) in [5.41, 5.74) is 4.54. The van der Waals surface area contributed by atoms with E-state index in [0.29, 0.717) is 11.3 Å². The Morgan fingerprint density at radius 2 is 1.70 bits per heavy atom. The van der Waals surface area contributed by atoms with Crippen LogP contribution in [-0.4, -0.2) is 32.9 Å². The molecule has 4 nitrogen and oxygen atoms in total. The number of aliphatic hydroxyl groups is 1. The quantitative estimate of drug-likeness (QED) is 0.369. The second-order valence-electron chi connectivity index (χ2n) is 8.92. The number of aromatic nitrogens is 1. The normalized spacial score (nSPS) is 12.2. The van der Waals surface area contributed by atoms with Crippen LogP contribution in [0.3, 0.4) is 0 Å². The van der Waals surface area contributed by atoms with Crippen LogP contribution in [0.2, 0.25) is 0 Å². The Morgan fingerprint density at radius 3 is 2.39 bits per heavy atom. The third-order valence-corrected chi connectivity index (χ3v) is 6.29. The number of rotatable bonds is 4. The van der Waals surface area contributed by atoms with Crippen LogP contribution in [0, 0.1) is 0 Å². The van der Waals surface area contributed by atoms with E-state index in [1.165, 1.54) is 5.56 Å². The van der Waals surface area contributed by atoms with E-state index < -0.39 is 12.0 Å². The maximum Gasteiger partial charge on any atom is -0.0541 e. The first-order valence-electron chi connectivity index (χ1n) is 10.5. The molecule has 1 amide bonds. The summed E-state index contributed by atoms with van der Waals surface area (Å²) < 4.78 is 0.875. The zero-order chi connectivity index (χ0) is 22.9. The summed E-state index contributed by atoms with van der Waals surface area (Å²) in [4.78, 5) is 17.0. The largest absolute Gasteiger partial charge is 0.147 e. The van der Waals surface area contributed by atoms with Gasteiger partial charge in [0.05, 0.1) is 0 Å². The van der Waals surface area contributed by atoms with Gasteiger partial charge in [-0.25, -0.2) is 0 Å². The predicted octanol–water partition coefficient (Wildman–Crippen LogP) is 5.09. The second-order valence-corrected chi connectivity index (χ2v) is 9.80. The van der Waals surface area contributed by atoms with Crippen molar-refractivity contribution in [1.82, 2.24) is 4.98 Å². The van der Waals surface area contributed by atoms with Gasteiger partial charge in [0.2, 0.25) is 0 Å². The van der Waals surface area contributed by atoms with Gasteiger partial charge in [0.15, 0.2) is 0 Å². The van der Waals surface area contributed by atoms with Gasteiger partial charge >= 0.3 is 141 Å². The molecule has 2 radical (unpaired) electrons. The Kier molecular flexibility index (Phi) is 7.64. The Labute approximate surface area is 209 Å². The van der Waals surface area contributed by atoms with Crippen LogP contribution in [-0.2, 0) is 10.2 Å². The monoisotopic (exact) mass is 520 g/mol. The number of halogens is 1. The SMILES string of the molecule is CC(C)(C)c1ccc(-c2cccc(C(O)C(=O)Nc3ccc4c([As])nccc4c3)c2)cc1.Cl. The third-order valence-electron chi connectivity index (χ3n) is 5.55. The molecule has 1 unspecified atom stereocenters. The first kappa shape index (κ1) is 25.0. The molecule has 0 aliphatic heterocycles. The molecule has 0 saturated carbocycles. The van der Waals surface area contributed by atoms with Crippen molar-refractivity contribution in [2.45, 2.75) is 32.3 Å². The van der Waals surface area contributed by atoms with Crippen LogP contribution in [0.15, 0.2) is 79.0 Å². The minimum absolute atomic E-state index is 0. The molecule has 1 atom stereocenters. The number of amides is 1. The van der Waals surface area contributed by atoms with Gasteiger partial charge in [-0.3, -0.25) is 0 Å². The standard InChI is InChI=1S/C27H25AsN2O2.ClH/c1-27(2,3)21-9-7-17(8-10-21)18-5-4-6-20(15-18)24(31)26(32)30-22-11-12-23-19(16-22)13-14-29-25(23)28;/h4-16,24,31H,1-3H3,(H,30,32);1H. The molecule has 0 spiro atoms. The number of anilines is 1. The Hall–Kier alpha value is -2.65. The number of nitrogens with one attached hydrogen (secondary N) is 1. The van der Waals surface area contributed by atoms with E-state index in [2.05, 4.69) is 72.2 Å². The van der Waals surface area contributed by atoms with Crippen LogP contribution in [0.4, 0.5) is 5.69 Å². The number of carbonyl (C=O) groups is 1. The van der Waals surface area contributed by atoms with Crippen LogP contribution in [0.25, 0.3) is 21.9 Å². The second kappa shape index (κ2) is 10.1. The van der Waals surface area contributed by atoms with Crippen LogP contribution >= 0.6 is 12.4 Å². The fraction of sp³-hybridized carbons (Fsp3) is 0.185. The molecule has 0 aliphatic carbocycles. The average molecular weight is 521 g/mol. The number of hydrogen-bond donors (Lipinski definition) is 2. The molecular formula is C27H26AsClN2O2. The van der Waals surface area contributed by atoms with Gasteiger partial charge in [0.25, 0.3) is 0 Å². The van der Waals surface area contributed by atoms with Gasteiger partial charge in [-0.15, -0.1) is 12.4 Å². The van der Waals surface area contributed by atoms with Crippen molar-refractivity contribution in [3.63, 3.8) is 0 Å². The molecule has 4 aromatic rings. The van der Waals surface area contributed by atoms with Gasteiger partial charge in [-0.2, -0.15) is 0 Å². The minimum atomic E-state index is -1.27. The van der Waals surface area contributed by atoms with Gasteiger partial charge in [0.1, 0.15) is 0 Å². The maximum absolute atomic E-state index is 12.7. The summed E-state index contributed by atoms with van der Waals surface area (Å²) in [6.07, 6.45) is 0.464. The molecule has 4 rings (SSSR count). The number of hydrogen-bond acceptors (Lipinski definition) is 3. The molecule has 0 aliphatic rings. The molecule has 168 valence electrons. The van der Waals surface area contributed by atoms with Crippen molar-refractivity contribution < 1.29 is 9.90 Å². The molecule has 0 fully saturated rings. The topological polar surface area (TPSA) is 62.2 Å². The number of pyridine rings is 1. The van der Waals surface area contributed by atoms with Crippen molar-refractivity contribution in [3.05, 3.63) is 90.1 Å². The zero-order valence-corrected chi connectivity index (χ0v) is 21.4. The van der Waals surface area contributed by atoms with Crippen molar-refractivity contribution in [2.75, 3.05) is 5.32 Å². The van der Waals surface area contributed by atoms with Crippen LogP contribution in [0.1, 0.15) is 38.0 Å². The number of nitrogens with zero attached hydrogens (tertiary/aromatic N) is 1. The summed E-state index contributed by atoms with van der Waals surface area (Å²) in [6, 6.07) is 23.4. The van der Waals surface area contributed by atoms with Crippen molar-refractivity contribution in [1.29, 1.82) is 0 Å². The van der Waals surface area contributed by atoms with Gasteiger partial charge in [-0.05, 0) is 11.0 Å². The summed E-state index contributed by atoms with van der Waals surface area (Å²) in [6.45, 7) is 6.55. The zero-order valence-electron chi connectivity index (χ0n) is 18.7. The molecule has 0 saturated heterocycles. The molecular weight excluding hydrogens is 495 g/mol. The maximum atomic E-state index is 12.7. The summed E-state index contributed by atoms with van der Waals surface area (Å²) >= 11 is 2.44. The number of aliphatic hydroxyl groups excluding tert-OH is 1. The summed E-state index contributed by atoms with van der Waals surface area (Å²) in [5, 5.41) is 15.5. The third kappa shape index (κ3) is 5.65. The van der Waals surface area contributed by atoms with Crippen molar-refractivity contribution in [2.24, 2.45) is 0 Å². The van der Waals surface area contributed by atoms with Crippen LogP contribution in [0.5, 0.6) is 0 Å². The first-order valence-corrected chi connectivity index (χ1v) is 11.4. The van der Waals surface area contributed by atoms with Crippen LogP contribution < -0.4 is 9.80 Å². The summed E-state index contributed by atoms with van der Waals surface area (Å²) in [5.74, 6) is -0.467. The summed E-state index contributed by atoms with van der Waals surface area (Å²) in [7, 11) is 0. The molecule has 3 aromatic carbocycles. The molecule has 6 heteroatoms. The van der Waals surface area contributed by atoms with Gasteiger partial charge in [0, 0.05) is 0 Å². The Bertz CT molecular complexity index is 1280. The van der Waals surface area contributed by atoms with E-state index in [1.807, 2.05) is 42.5 Å². The van der Waals surface area contributed by atoms with E-state index in [0.717, 1.165) is 26.4 Å². The van der Waals surface area contributed by atoms with E-state index in [4.69, 9.17) is 0 Å².